The molecule has 0 aromatic heterocycles. The third kappa shape index (κ3) is 3.30. The zero-order valence-electron chi connectivity index (χ0n) is 10.3. The van der Waals surface area contributed by atoms with Crippen LogP contribution in [0, 0.1) is 0 Å². The van der Waals surface area contributed by atoms with Crippen molar-refractivity contribution < 1.29 is 14.6 Å². The van der Waals surface area contributed by atoms with Gasteiger partial charge >= 0.3 is 5.97 Å². The minimum absolute atomic E-state index is 0.0139. The summed E-state index contributed by atoms with van der Waals surface area (Å²) in [5.74, 6) is -0.513. The van der Waals surface area contributed by atoms with Gasteiger partial charge in [0, 0.05) is 0 Å². The molecule has 2 aromatic carbocycles. The molecule has 3 heteroatoms. The van der Waals surface area contributed by atoms with E-state index in [1.165, 1.54) is 0 Å². The topological polar surface area (TPSA) is 46.5 Å². The number of carbonyl (C=O) groups excluding carboxylic acids is 1. The zero-order chi connectivity index (χ0) is 13.7. The van der Waals surface area contributed by atoms with Crippen LogP contribution >= 0.6 is 0 Å². The monoisotopic (exact) mass is 254 g/mol. The van der Waals surface area contributed by atoms with E-state index in [0.717, 1.165) is 0 Å². The van der Waals surface area contributed by atoms with Crippen molar-refractivity contribution in [1.29, 1.82) is 0 Å². The Morgan fingerprint density at radius 1 is 1.00 bits per heavy atom. The van der Waals surface area contributed by atoms with Gasteiger partial charge in [0.25, 0.3) is 0 Å². The number of ether oxygens (including phenoxy) is 1. The van der Waals surface area contributed by atoms with Gasteiger partial charge < -0.3 is 9.84 Å². The van der Waals surface area contributed by atoms with E-state index < -0.39 is 12.1 Å². The molecule has 0 saturated heterocycles. The van der Waals surface area contributed by atoms with Crippen LogP contribution in [0.1, 0.15) is 22.0 Å². The van der Waals surface area contributed by atoms with Crippen LogP contribution in [-0.4, -0.2) is 11.1 Å². The fraction of sp³-hybridized carbons (Fsp3) is 0.0625. The molecule has 0 amide bonds. The molecule has 2 rings (SSSR count). The summed E-state index contributed by atoms with van der Waals surface area (Å²) >= 11 is 0. The fourth-order valence-corrected chi connectivity index (χ4v) is 1.63. The van der Waals surface area contributed by atoms with E-state index in [9.17, 15) is 9.90 Å². The lowest BCUT2D eigenvalue weighted by Crippen LogP contribution is -2.10. The Labute approximate surface area is 111 Å². The second-order valence-electron chi connectivity index (χ2n) is 4.04. The van der Waals surface area contributed by atoms with Crippen LogP contribution in [0.15, 0.2) is 73.0 Å². The summed E-state index contributed by atoms with van der Waals surface area (Å²) in [5.41, 5.74) is 1.05. The largest absolute Gasteiger partial charge is 0.425 e. The summed E-state index contributed by atoms with van der Waals surface area (Å²) in [6.07, 6.45) is -1.02. The molecule has 0 fully saturated rings. The molecule has 0 aliphatic heterocycles. The number of aliphatic hydroxyl groups excluding tert-OH is 1. The van der Waals surface area contributed by atoms with Crippen LogP contribution in [-0.2, 0) is 4.74 Å². The van der Waals surface area contributed by atoms with Gasteiger partial charge in [-0.3, -0.25) is 0 Å². The Hall–Kier alpha value is -2.39. The second-order valence-corrected chi connectivity index (χ2v) is 4.04. The third-order valence-electron chi connectivity index (χ3n) is 2.65. The molecule has 0 aliphatic rings. The summed E-state index contributed by atoms with van der Waals surface area (Å²) in [7, 11) is 0. The average Bonchev–Trinajstić information content (AvgIpc) is 2.48. The summed E-state index contributed by atoms with van der Waals surface area (Å²) < 4.78 is 5.07. The highest BCUT2D eigenvalue weighted by Gasteiger charge is 2.16. The molecule has 1 unspecified atom stereocenters. The van der Waals surface area contributed by atoms with Gasteiger partial charge in [-0.2, -0.15) is 0 Å². The molecular formula is C16H14O3. The molecule has 19 heavy (non-hydrogen) atoms. The normalized spacial score (nSPS) is 11.6. The van der Waals surface area contributed by atoms with E-state index >= 15 is 0 Å². The molecule has 0 spiro atoms. The molecule has 0 radical (unpaired) electrons. The van der Waals surface area contributed by atoms with E-state index in [4.69, 9.17) is 4.74 Å². The predicted molar refractivity (Wildman–Crippen MR) is 72.4 cm³/mol. The fourth-order valence-electron chi connectivity index (χ4n) is 1.63. The Morgan fingerprint density at radius 3 is 2.11 bits per heavy atom. The molecule has 0 aliphatic carbocycles. The maximum atomic E-state index is 11.8. The van der Waals surface area contributed by atoms with E-state index in [2.05, 4.69) is 6.58 Å². The maximum absolute atomic E-state index is 11.8. The smallest absolute Gasteiger partial charge is 0.343 e. The standard InChI is InChI=1S/C16H14O3/c1-12(15(17)13-8-4-2-5-9-13)19-16(18)14-10-6-3-7-11-14/h2-11,15,17H,1H2. The van der Waals surface area contributed by atoms with Gasteiger partial charge in [0.2, 0.25) is 0 Å². The first-order valence-corrected chi connectivity index (χ1v) is 5.87. The molecule has 1 N–H and O–H groups in total. The number of esters is 1. The molecule has 0 bridgehead atoms. The minimum atomic E-state index is -1.02. The second kappa shape index (κ2) is 5.98. The van der Waals surface area contributed by atoms with E-state index in [-0.39, 0.29) is 5.76 Å². The number of aliphatic hydroxyl groups is 1. The van der Waals surface area contributed by atoms with Crippen LogP contribution in [0.2, 0.25) is 0 Å². The molecule has 1 atom stereocenters. The van der Waals surface area contributed by atoms with Gasteiger partial charge in [-0.05, 0) is 17.7 Å². The van der Waals surface area contributed by atoms with Crippen molar-refractivity contribution in [3.8, 4) is 0 Å². The van der Waals surface area contributed by atoms with Gasteiger partial charge in [0.05, 0.1) is 5.56 Å². The zero-order valence-corrected chi connectivity index (χ0v) is 10.3. The Kier molecular flexibility index (Phi) is 4.11. The van der Waals surface area contributed by atoms with Gasteiger partial charge in [0.15, 0.2) is 0 Å². The first-order valence-electron chi connectivity index (χ1n) is 5.87. The van der Waals surface area contributed by atoms with E-state index in [1.54, 1.807) is 48.5 Å². The van der Waals surface area contributed by atoms with Crippen molar-refractivity contribution in [3.05, 3.63) is 84.1 Å². The van der Waals surface area contributed by atoms with Gasteiger partial charge in [-0.1, -0.05) is 55.1 Å². The molecule has 96 valence electrons. The van der Waals surface area contributed by atoms with Crippen molar-refractivity contribution in [1.82, 2.24) is 0 Å². The predicted octanol–water partition coefficient (Wildman–Crippen LogP) is 3.09. The number of hydrogen-bond acceptors (Lipinski definition) is 3. The molecule has 2 aromatic rings. The summed E-state index contributed by atoms with van der Waals surface area (Å²) in [6.45, 7) is 3.60. The molecular weight excluding hydrogens is 240 g/mol. The van der Waals surface area contributed by atoms with Crippen molar-refractivity contribution in [2.24, 2.45) is 0 Å². The van der Waals surface area contributed by atoms with Gasteiger partial charge in [-0.15, -0.1) is 0 Å². The van der Waals surface area contributed by atoms with Gasteiger partial charge in [-0.25, -0.2) is 4.79 Å². The maximum Gasteiger partial charge on any atom is 0.343 e. The number of rotatable bonds is 4. The quantitative estimate of drug-likeness (QED) is 0.673. The summed E-state index contributed by atoms with van der Waals surface area (Å²) in [4.78, 5) is 11.8. The Bertz CT molecular complexity index is 561. The average molecular weight is 254 g/mol. The van der Waals surface area contributed by atoms with Crippen LogP contribution in [0.25, 0.3) is 0 Å². The highest BCUT2D eigenvalue weighted by atomic mass is 16.5. The van der Waals surface area contributed by atoms with E-state index in [1.807, 2.05) is 12.1 Å². The van der Waals surface area contributed by atoms with Crippen LogP contribution in [0.5, 0.6) is 0 Å². The van der Waals surface area contributed by atoms with E-state index in [0.29, 0.717) is 11.1 Å². The van der Waals surface area contributed by atoms with Crippen LogP contribution < -0.4 is 0 Å². The van der Waals surface area contributed by atoms with Crippen molar-refractivity contribution in [2.75, 3.05) is 0 Å². The first kappa shape index (κ1) is 13.1. The third-order valence-corrected chi connectivity index (χ3v) is 2.65. The molecule has 0 heterocycles. The lowest BCUT2D eigenvalue weighted by atomic mass is 10.1. The number of benzene rings is 2. The highest BCUT2D eigenvalue weighted by Crippen LogP contribution is 2.21. The summed E-state index contributed by atoms with van der Waals surface area (Å²) in [6, 6.07) is 17.5. The lowest BCUT2D eigenvalue weighted by molar-refractivity contribution is 0.0505. The van der Waals surface area contributed by atoms with Crippen molar-refractivity contribution in [2.45, 2.75) is 6.10 Å². The molecule has 0 saturated carbocycles. The van der Waals surface area contributed by atoms with Crippen LogP contribution in [0.3, 0.4) is 0 Å². The minimum Gasteiger partial charge on any atom is -0.425 e. The SMILES string of the molecule is C=C(OC(=O)c1ccccc1)C(O)c1ccccc1. The van der Waals surface area contributed by atoms with Crippen molar-refractivity contribution >= 4 is 5.97 Å². The molecule has 3 nitrogen and oxygen atoms in total. The van der Waals surface area contributed by atoms with Gasteiger partial charge in [0.1, 0.15) is 11.9 Å². The first-order chi connectivity index (χ1) is 9.18. The van der Waals surface area contributed by atoms with Crippen molar-refractivity contribution in [3.63, 3.8) is 0 Å². The number of carbonyl (C=O) groups is 1. The summed E-state index contributed by atoms with van der Waals surface area (Å²) in [5, 5.41) is 10.0. The Morgan fingerprint density at radius 2 is 1.53 bits per heavy atom. The Balaban J connectivity index is 2.04. The van der Waals surface area contributed by atoms with Crippen LogP contribution in [0.4, 0.5) is 0 Å². The lowest BCUT2D eigenvalue weighted by Gasteiger charge is -2.14. The highest BCUT2D eigenvalue weighted by molar-refractivity contribution is 5.90. The number of hydrogen-bond donors (Lipinski definition) is 1.